The van der Waals surface area contributed by atoms with Crippen LogP contribution >= 0.6 is 22.7 Å². The molecule has 0 fully saturated rings. The normalized spacial score (nSPS) is 11.2. The van der Waals surface area contributed by atoms with Crippen LogP contribution in [0, 0.1) is 0 Å². The SMILES string of the molecule is CON(C)C(=O)c1cc2ccc(-c3ccccc3-c3ccc4cc(C(=O)O)sc4c3)cc2s1. The van der Waals surface area contributed by atoms with Crippen LogP contribution in [0.5, 0.6) is 0 Å². The van der Waals surface area contributed by atoms with Crippen molar-refractivity contribution >= 4 is 54.7 Å². The summed E-state index contributed by atoms with van der Waals surface area (Å²) in [6.45, 7) is 0. The summed E-state index contributed by atoms with van der Waals surface area (Å²) in [6.07, 6.45) is 0. The first-order chi connectivity index (χ1) is 15.9. The van der Waals surface area contributed by atoms with Crippen molar-refractivity contribution in [2.45, 2.75) is 0 Å². The monoisotopic (exact) mass is 473 g/mol. The molecule has 1 amide bonds. The zero-order chi connectivity index (χ0) is 23.1. The van der Waals surface area contributed by atoms with Gasteiger partial charge in [0.1, 0.15) is 4.88 Å². The van der Waals surface area contributed by atoms with E-state index in [2.05, 4.69) is 24.3 Å². The van der Waals surface area contributed by atoms with Crippen LogP contribution in [-0.2, 0) is 4.84 Å². The molecule has 5 nitrogen and oxygen atoms in total. The van der Waals surface area contributed by atoms with Crippen LogP contribution in [0.2, 0.25) is 0 Å². The Kier molecular flexibility index (Phi) is 5.46. The Morgan fingerprint density at radius 2 is 1.30 bits per heavy atom. The van der Waals surface area contributed by atoms with Crippen molar-refractivity contribution in [3.8, 4) is 22.3 Å². The van der Waals surface area contributed by atoms with E-state index < -0.39 is 5.97 Å². The fraction of sp³-hybridized carbons (Fsp3) is 0.0769. The van der Waals surface area contributed by atoms with Crippen LogP contribution < -0.4 is 0 Å². The van der Waals surface area contributed by atoms with Crippen molar-refractivity contribution in [2.24, 2.45) is 0 Å². The van der Waals surface area contributed by atoms with Crippen molar-refractivity contribution in [3.05, 3.63) is 82.6 Å². The van der Waals surface area contributed by atoms with Gasteiger partial charge in [-0.25, -0.2) is 9.86 Å². The van der Waals surface area contributed by atoms with Crippen molar-refractivity contribution in [2.75, 3.05) is 14.2 Å². The molecular weight excluding hydrogens is 454 g/mol. The average Bonchev–Trinajstić information content (AvgIpc) is 3.46. The second kappa shape index (κ2) is 8.44. The number of rotatable bonds is 5. The van der Waals surface area contributed by atoms with Crippen LogP contribution in [0.4, 0.5) is 0 Å². The Morgan fingerprint density at radius 3 is 1.82 bits per heavy atom. The highest BCUT2D eigenvalue weighted by Gasteiger charge is 2.16. The van der Waals surface area contributed by atoms with Gasteiger partial charge in [0, 0.05) is 16.4 Å². The van der Waals surface area contributed by atoms with E-state index in [9.17, 15) is 14.7 Å². The summed E-state index contributed by atoms with van der Waals surface area (Å²) < 4.78 is 1.97. The molecule has 5 aromatic rings. The van der Waals surface area contributed by atoms with Gasteiger partial charge >= 0.3 is 5.97 Å². The Hall–Kier alpha value is -3.52. The molecule has 1 N–H and O–H groups in total. The van der Waals surface area contributed by atoms with Gasteiger partial charge < -0.3 is 5.11 Å². The second-order valence-electron chi connectivity index (χ2n) is 7.56. The molecule has 0 aliphatic rings. The molecule has 3 aromatic carbocycles. The van der Waals surface area contributed by atoms with Crippen LogP contribution in [0.15, 0.2) is 72.8 Å². The molecule has 164 valence electrons. The predicted octanol–water partition coefficient (Wildman–Crippen LogP) is 6.78. The summed E-state index contributed by atoms with van der Waals surface area (Å²) >= 11 is 2.73. The Balaban J connectivity index is 1.58. The molecule has 7 heteroatoms. The lowest BCUT2D eigenvalue weighted by Gasteiger charge is -2.11. The predicted molar refractivity (Wildman–Crippen MR) is 134 cm³/mol. The van der Waals surface area contributed by atoms with Crippen LogP contribution in [0.3, 0.4) is 0 Å². The number of carboxylic acid groups (broad SMARTS) is 1. The molecule has 2 heterocycles. The van der Waals surface area contributed by atoms with Gasteiger partial charge in [-0.3, -0.25) is 9.63 Å². The minimum atomic E-state index is -0.906. The average molecular weight is 474 g/mol. The Labute approximate surface area is 198 Å². The molecule has 0 aliphatic heterocycles. The van der Waals surface area contributed by atoms with E-state index in [1.165, 1.54) is 34.8 Å². The number of hydroxylamine groups is 2. The topological polar surface area (TPSA) is 66.8 Å². The molecule has 5 rings (SSSR count). The van der Waals surface area contributed by atoms with Gasteiger partial charge in [0.2, 0.25) is 0 Å². The third kappa shape index (κ3) is 3.91. The lowest BCUT2D eigenvalue weighted by molar-refractivity contribution is -0.0753. The first-order valence-corrected chi connectivity index (χ1v) is 11.8. The number of hydrogen-bond acceptors (Lipinski definition) is 5. The lowest BCUT2D eigenvalue weighted by Crippen LogP contribution is -2.24. The molecular formula is C26H19NO4S2. The van der Waals surface area contributed by atoms with Gasteiger partial charge in [-0.15, -0.1) is 22.7 Å². The largest absolute Gasteiger partial charge is 0.477 e. The molecule has 2 aromatic heterocycles. The standard InChI is InChI=1S/C26H19NO4S2/c1-27(31-2)25(28)23-13-17-9-7-15(11-21(17)32-23)19-5-3-4-6-20(19)16-8-10-18-14-24(26(29)30)33-22(18)12-16/h3-14H,1-2H3,(H,29,30). The summed E-state index contributed by atoms with van der Waals surface area (Å²) in [4.78, 5) is 29.8. The highest BCUT2D eigenvalue weighted by molar-refractivity contribution is 7.21. The summed E-state index contributed by atoms with van der Waals surface area (Å²) in [5.74, 6) is -1.08. The van der Waals surface area contributed by atoms with Crippen LogP contribution in [0.25, 0.3) is 42.4 Å². The molecule has 33 heavy (non-hydrogen) atoms. The van der Waals surface area contributed by atoms with Crippen molar-refractivity contribution in [1.82, 2.24) is 5.06 Å². The maximum absolute atomic E-state index is 12.5. The fourth-order valence-electron chi connectivity index (χ4n) is 3.83. The number of amides is 1. The first-order valence-electron chi connectivity index (χ1n) is 10.2. The number of nitrogens with zero attached hydrogens (tertiary/aromatic N) is 1. The van der Waals surface area contributed by atoms with Gasteiger partial charge in [-0.1, -0.05) is 48.5 Å². The van der Waals surface area contributed by atoms with Crippen LogP contribution in [-0.4, -0.2) is 36.2 Å². The Bertz CT molecular complexity index is 1530. The third-order valence-corrected chi connectivity index (χ3v) is 7.74. The zero-order valence-electron chi connectivity index (χ0n) is 17.9. The molecule has 0 unspecified atom stereocenters. The fourth-order valence-corrected chi connectivity index (χ4v) is 5.84. The highest BCUT2D eigenvalue weighted by Crippen LogP contribution is 2.38. The molecule has 0 atom stereocenters. The molecule has 0 aliphatic carbocycles. The maximum atomic E-state index is 12.5. The zero-order valence-corrected chi connectivity index (χ0v) is 19.5. The highest BCUT2D eigenvalue weighted by atomic mass is 32.1. The number of benzene rings is 3. The number of carbonyl (C=O) groups is 2. The van der Waals surface area contributed by atoms with E-state index in [0.717, 1.165) is 42.4 Å². The minimum Gasteiger partial charge on any atom is -0.477 e. The number of aromatic carboxylic acids is 1. The van der Waals surface area contributed by atoms with E-state index in [4.69, 9.17) is 4.84 Å². The number of thiophene rings is 2. The second-order valence-corrected chi connectivity index (χ2v) is 9.73. The van der Waals surface area contributed by atoms with Crippen molar-refractivity contribution in [3.63, 3.8) is 0 Å². The van der Waals surface area contributed by atoms with E-state index in [-0.39, 0.29) is 5.91 Å². The van der Waals surface area contributed by atoms with Gasteiger partial charge in [0.25, 0.3) is 5.91 Å². The minimum absolute atomic E-state index is 0.175. The molecule has 0 spiro atoms. The first kappa shape index (κ1) is 21.3. The summed E-state index contributed by atoms with van der Waals surface area (Å²) in [5.41, 5.74) is 4.22. The lowest BCUT2D eigenvalue weighted by atomic mass is 9.94. The maximum Gasteiger partial charge on any atom is 0.345 e. The number of carboxylic acids is 1. The van der Waals surface area contributed by atoms with E-state index in [0.29, 0.717) is 9.75 Å². The molecule has 0 saturated heterocycles. The molecule has 0 saturated carbocycles. The number of hydrogen-bond donors (Lipinski definition) is 1. The third-order valence-electron chi connectivity index (χ3n) is 5.57. The van der Waals surface area contributed by atoms with Crippen LogP contribution in [0.1, 0.15) is 19.3 Å². The van der Waals surface area contributed by atoms with Crippen molar-refractivity contribution in [1.29, 1.82) is 0 Å². The van der Waals surface area contributed by atoms with Gasteiger partial charge in [-0.05, 0) is 57.3 Å². The van der Waals surface area contributed by atoms with E-state index in [1.807, 2.05) is 42.5 Å². The smallest absolute Gasteiger partial charge is 0.345 e. The van der Waals surface area contributed by atoms with Crippen molar-refractivity contribution < 1.29 is 19.5 Å². The molecule has 0 bridgehead atoms. The quantitative estimate of drug-likeness (QED) is 0.286. The number of fused-ring (bicyclic) bond motifs is 2. The summed E-state index contributed by atoms with van der Waals surface area (Å²) in [5, 5.41) is 12.5. The van der Waals surface area contributed by atoms with Gasteiger partial charge in [0.15, 0.2) is 0 Å². The molecule has 0 radical (unpaired) electrons. The number of carbonyl (C=O) groups excluding carboxylic acids is 1. The van der Waals surface area contributed by atoms with E-state index in [1.54, 1.807) is 13.1 Å². The van der Waals surface area contributed by atoms with E-state index >= 15 is 0 Å². The Morgan fingerprint density at radius 1 is 0.788 bits per heavy atom. The summed E-state index contributed by atoms with van der Waals surface area (Å²) in [7, 11) is 3.06. The van der Waals surface area contributed by atoms with Gasteiger partial charge in [-0.2, -0.15) is 0 Å². The summed E-state index contributed by atoms with van der Waals surface area (Å²) in [6, 6.07) is 24.0. The van der Waals surface area contributed by atoms with Gasteiger partial charge in [0.05, 0.1) is 12.0 Å².